The number of pyridine rings is 3. The summed E-state index contributed by atoms with van der Waals surface area (Å²) < 4.78 is 64.7. The van der Waals surface area contributed by atoms with Crippen molar-refractivity contribution in [1.82, 2.24) is 25.6 Å². The van der Waals surface area contributed by atoms with Gasteiger partial charge in [-0.05, 0) is 189 Å². The summed E-state index contributed by atoms with van der Waals surface area (Å²) >= 11 is 0. The monoisotopic (exact) mass is 1310 g/mol. The van der Waals surface area contributed by atoms with Gasteiger partial charge in [0.05, 0.1) is 30.8 Å². The number of methoxy groups -OCH3 is 1. The lowest BCUT2D eigenvalue weighted by molar-refractivity contribution is -0.141. The van der Waals surface area contributed by atoms with Crippen LogP contribution >= 0.6 is 0 Å². The van der Waals surface area contributed by atoms with Crippen molar-refractivity contribution in [2.75, 3.05) is 49.7 Å². The number of carbonyl (C=O) groups excluding carboxylic acids is 8. The van der Waals surface area contributed by atoms with Gasteiger partial charge in [-0.1, -0.05) is 0 Å². The Kier molecular flexibility index (Phi) is 26.7. The number of esters is 2. The third-order valence-electron chi connectivity index (χ3n) is 12.0. The van der Waals surface area contributed by atoms with Crippen LogP contribution in [0.25, 0.3) is 33.8 Å². The fourth-order valence-electron chi connectivity index (χ4n) is 7.61. The Balaban J connectivity index is 0.000000215. The average Bonchev–Trinajstić information content (AvgIpc) is 0.899. The van der Waals surface area contributed by atoms with Gasteiger partial charge in [0.2, 0.25) is 6.08 Å². The maximum absolute atomic E-state index is 13.0. The van der Waals surface area contributed by atoms with Crippen molar-refractivity contribution < 1.29 is 85.1 Å². The number of ether oxygens (including phenoxy) is 5. The fraction of sp³-hybridized carbons (Fsp3) is 0.0909. The van der Waals surface area contributed by atoms with E-state index in [0.717, 1.165) is 5.56 Å². The van der Waals surface area contributed by atoms with Crippen LogP contribution in [0, 0.1) is 17.5 Å². The molecule has 492 valence electrons. The molecule has 30 heteroatoms. The number of urea groups is 2. The lowest BCUT2D eigenvalue weighted by atomic mass is 10.1. The Morgan fingerprint density at radius 1 is 0.479 bits per heavy atom. The van der Waals surface area contributed by atoms with Gasteiger partial charge >= 0.3 is 30.0 Å². The first-order valence-electron chi connectivity index (χ1n) is 27.9. The highest BCUT2D eigenvalue weighted by Crippen LogP contribution is 2.31. The summed E-state index contributed by atoms with van der Waals surface area (Å²) in [5, 5.41) is 18.0. The number of aliphatic carboxylic acids is 1. The van der Waals surface area contributed by atoms with E-state index in [1.54, 1.807) is 104 Å². The van der Waals surface area contributed by atoms with Gasteiger partial charge in [-0.15, -0.1) is 0 Å². The number of nitrogens with two attached hydrogens (primary N) is 4. The number of hydrogen-bond donors (Lipinski definition) is 9. The number of nitrogens with zero attached hydrogens (tertiary/aromatic N) is 4. The molecule has 3 aromatic heterocycles. The molecule has 9 rings (SSSR count). The van der Waals surface area contributed by atoms with Crippen LogP contribution in [0.15, 0.2) is 187 Å². The van der Waals surface area contributed by atoms with E-state index in [4.69, 9.17) is 42.3 Å². The van der Waals surface area contributed by atoms with E-state index in [2.05, 4.69) is 50.7 Å². The van der Waals surface area contributed by atoms with Gasteiger partial charge in [0, 0.05) is 33.8 Å². The Hall–Kier alpha value is -13.5. The van der Waals surface area contributed by atoms with E-state index in [0.29, 0.717) is 75.0 Å². The maximum Gasteiger partial charge on any atom is 0.328 e. The van der Waals surface area contributed by atoms with Crippen LogP contribution in [-0.2, 0) is 28.7 Å². The van der Waals surface area contributed by atoms with Crippen molar-refractivity contribution >= 4 is 70.8 Å². The molecule has 96 heavy (non-hydrogen) atoms. The summed E-state index contributed by atoms with van der Waals surface area (Å²) in [4.78, 5) is 115. The van der Waals surface area contributed by atoms with Gasteiger partial charge in [0.15, 0.2) is 0 Å². The van der Waals surface area contributed by atoms with Crippen LogP contribution in [0.4, 0.5) is 39.8 Å². The lowest BCUT2D eigenvalue weighted by Crippen LogP contribution is -2.33. The van der Waals surface area contributed by atoms with Crippen molar-refractivity contribution in [2.45, 2.75) is 6.92 Å². The molecule has 0 fully saturated rings. The van der Waals surface area contributed by atoms with Crippen LogP contribution in [-0.4, -0.2) is 107 Å². The molecule has 0 aliphatic carbocycles. The molecule has 0 radical (unpaired) electrons. The number of nitrogen functional groups attached to an aromatic ring is 1. The van der Waals surface area contributed by atoms with E-state index in [1.807, 2.05) is 0 Å². The number of primary amides is 3. The number of aromatic nitrogens is 3. The van der Waals surface area contributed by atoms with Gasteiger partial charge in [0.25, 0.3) is 17.7 Å². The number of benzene rings is 6. The van der Waals surface area contributed by atoms with E-state index >= 15 is 0 Å². The molecule has 0 unspecified atom stereocenters. The van der Waals surface area contributed by atoms with Crippen LogP contribution in [0.1, 0.15) is 38.4 Å². The Morgan fingerprint density at radius 2 is 0.802 bits per heavy atom. The molecule has 0 bridgehead atoms. The maximum atomic E-state index is 13.0. The van der Waals surface area contributed by atoms with Gasteiger partial charge < -0.3 is 73.0 Å². The van der Waals surface area contributed by atoms with Gasteiger partial charge in [-0.2, -0.15) is 4.99 Å². The first-order chi connectivity index (χ1) is 45.9. The van der Waals surface area contributed by atoms with Gasteiger partial charge in [0.1, 0.15) is 88.7 Å². The van der Waals surface area contributed by atoms with Crippen molar-refractivity contribution in [3.63, 3.8) is 0 Å². The summed E-state index contributed by atoms with van der Waals surface area (Å²) in [6.07, 6.45) is 1.23. The zero-order valence-corrected chi connectivity index (χ0v) is 50.5. The second-order valence-electron chi connectivity index (χ2n) is 19.1. The number of carboxylic acid groups (broad SMARTS) is 1. The zero-order chi connectivity index (χ0) is 69.7. The highest BCUT2D eigenvalue weighted by Gasteiger charge is 2.16. The number of nitrogens with one attached hydrogen (secondary N) is 4. The molecule has 0 saturated heterocycles. The summed E-state index contributed by atoms with van der Waals surface area (Å²) in [6, 6.07) is 44.6. The Morgan fingerprint density at radius 3 is 1.11 bits per heavy atom. The highest BCUT2D eigenvalue weighted by molar-refractivity contribution is 5.97. The van der Waals surface area contributed by atoms with Crippen LogP contribution in [0.3, 0.4) is 0 Å². The second kappa shape index (κ2) is 35.8. The van der Waals surface area contributed by atoms with Crippen LogP contribution in [0.5, 0.6) is 34.5 Å². The Bertz CT molecular complexity index is 4260. The average molecular weight is 1320 g/mol. The number of amides is 7. The Labute approximate surface area is 543 Å². The van der Waals surface area contributed by atoms with Crippen LogP contribution in [0.2, 0.25) is 0 Å². The minimum absolute atomic E-state index is 0.0580. The normalized spacial score (nSPS) is 10.0. The molecule has 0 aliphatic heterocycles. The molecule has 0 saturated carbocycles. The van der Waals surface area contributed by atoms with Crippen molar-refractivity contribution in [1.29, 1.82) is 0 Å². The van der Waals surface area contributed by atoms with Gasteiger partial charge in [-0.25, -0.2) is 42.5 Å². The fourth-order valence-corrected chi connectivity index (χ4v) is 7.61. The molecule has 0 atom stereocenters. The number of halogens is 3. The summed E-state index contributed by atoms with van der Waals surface area (Å²) in [5.41, 5.74) is 25.8. The smallest absolute Gasteiger partial charge is 0.328 e. The second-order valence-corrected chi connectivity index (χ2v) is 19.1. The molecular weight excluding hydrogens is 1260 g/mol. The zero-order valence-electron chi connectivity index (χ0n) is 50.5. The predicted molar refractivity (Wildman–Crippen MR) is 342 cm³/mol. The highest BCUT2D eigenvalue weighted by atomic mass is 19.1. The molecule has 13 N–H and O–H groups in total. The van der Waals surface area contributed by atoms with E-state index < -0.39 is 54.2 Å². The van der Waals surface area contributed by atoms with Crippen molar-refractivity contribution in [3.8, 4) is 68.3 Å². The third-order valence-corrected chi connectivity index (χ3v) is 12.0. The molecule has 27 nitrogen and oxygen atoms in total. The molecule has 3 heterocycles. The van der Waals surface area contributed by atoms with E-state index in [1.165, 1.54) is 98.1 Å². The number of carboxylic acids is 1. The number of isocyanates is 1. The minimum Gasteiger partial charge on any atom is -0.480 e. The first kappa shape index (κ1) is 71.6. The molecule has 7 amide bonds. The van der Waals surface area contributed by atoms with Crippen LogP contribution < -0.4 is 58.4 Å². The summed E-state index contributed by atoms with van der Waals surface area (Å²) in [5.74, 6) is -2.54. The first-order valence-corrected chi connectivity index (χ1v) is 27.9. The number of aliphatic imine (C=N–C) groups is 1. The van der Waals surface area contributed by atoms with Crippen molar-refractivity contribution in [3.05, 3.63) is 217 Å². The topological polar surface area (TPSA) is 423 Å². The minimum atomic E-state index is -1.20. The predicted octanol–water partition coefficient (Wildman–Crippen LogP) is 9.30. The molecule has 9 aromatic rings. The molecular formula is C66H57F3N12O15. The lowest BCUT2D eigenvalue weighted by Gasteiger charge is -2.11. The summed E-state index contributed by atoms with van der Waals surface area (Å²) in [6.45, 7) is 0.882. The van der Waals surface area contributed by atoms with Gasteiger partial charge in [-0.3, -0.25) is 28.8 Å². The quantitative estimate of drug-likeness (QED) is 0.0184. The molecule has 6 aromatic carbocycles. The largest absolute Gasteiger partial charge is 0.480 e. The number of anilines is 3. The SMILES string of the molecule is CCOC(=O)CN=C=O.COC(=O)CNC(=O)Nc1cc(C(N)=O)nc(-c2ccc(Oc3ccc(F)cc3)cc2)c1.NC(=O)c1cc(N)cc(-c2ccc(Oc3ccc(F)cc3)cc2)n1.NC(=O)c1cc(NC(=O)NCC(=O)O)cc(-c2ccc(Oc3ccc(F)cc3)cc2)n1. The number of hydrogen-bond acceptors (Lipinski definition) is 19. The number of carbonyl (C=O) groups is 8. The number of rotatable bonds is 21. The molecule has 0 aliphatic rings. The summed E-state index contributed by atoms with van der Waals surface area (Å²) in [7, 11) is 1.20. The standard InChI is InChI=1S/C22H19FN4O5.C21H17FN4O5.C18H14FN3O2.C5H7NO3/c1-31-20(28)12-25-22(30)26-15-10-18(27-19(11-15)21(24)29)13-2-6-16(7-3-13)32-17-8-4-14(23)5-9-17;22-13-3-7-16(8-4-13)31-15-5-1-12(2-6-15)17-9-14(10-18(26-17)20(23)29)25-21(30)24-11-19(27)28;19-12-3-7-15(8-4-12)24-14-5-1-11(2-6-14)16-9-13(20)10-17(22-16)18(21)23;1-2-9-5(8)3-6-4-7/h2-11H,12H2,1H3,(H2,24,29)(H2,25,26,27,30);1-10H,11H2,(H2,23,29)(H,27,28)(H2,24,25,26,30);1-10H,(H2,20,22)(H2,21,23);2-3H2,1H3. The van der Waals surface area contributed by atoms with E-state index in [9.17, 15) is 56.3 Å². The third kappa shape index (κ3) is 24.0. The van der Waals surface area contributed by atoms with Crippen molar-refractivity contribution in [2.24, 2.45) is 22.2 Å². The molecule has 0 spiro atoms. The van der Waals surface area contributed by atoms with E-state index in [-0.39, 0.29) is 59.0 Å².